The van der Waals surface area contributed by atoms with Crippen LogP contribution in [0.3, 0.4) is 0 Å². The Morgan fingerprint density at radius 3 is 2.47 bits per heavy atom. The second kappa shape index (κ2) is 12.3. The summed E-state index contributed by atoms with van der Waals surface area (Å²) in [5.41, 5.74) is 0.512. The van der Waals surface area contributed by atoms with Crippen molar-refractivity contribution in [2.45, 2.75) is 66.0 Å². The number of nitrogens with one attached hydrogen (secondary N) is 2. The van der Waals surface area contributed by atoms with Gasteiger partial charge in [0.1, 0.15) is 6.04 Å². The standard InChI is InChI=1S/C22H38N4O4/c1-7-16(4)12-24-21(29)18-9-8-10-26(18)22(30)17(5)11-19(15(2)3)25(6)20(28)13-23-14-27/h11,14-16,18-19H,7-10,12-13H2,1-6H3,(H,23,27)(H,24,29)/b17-11+/t16-,18-,19+/m0/s1. The van der Waals surface area contributed by atoms with Gasteiger partial charge in [-0.1, -0.05) is 40.2 Å². The van der Waals surface area contributed by atoms with Gasteiger partial charge in [-0.3, -0.25) is 19.2 Å². The van der Waals surface area contributed by atoms with Gasteiger partial charge in [0, 0.05) is 25.7 Å². The van der Waals surface area contributed by atoms with Gasteiger partial charge < -0.3 is 20.4 Å². The van der Waals surface area contributed by atoms with Crippen LogP contribution in [0.25, 0.3) is 0 Å². The maximum atomic E-state index is 13.1. The first kappa shape index (κ1) is 25.7. The maximum Gasteiger partial charge on any atom is 0.249 e. The third-order valence-corrected chi connectivity index (χ3v) is 5.76. The Bertz CT molecular complexity index is 647. The van der Waals surface area contributed by atoms with Gasteiger partial charge in [-0.2, -0.15) is 0 Å². The Balaban J connectivity index is 2.89. The molecule has 30 heavy (non-hydrogen) atoms. The minimum absolute atomic E-state index is 0.0751. The quantitative estimate of drug-likeness (QED) is 0.387. The van der Waals surface area contributed by atoms with Crippen LogP contribution in [0.2, 0.25) is 0 Å². The highest BCUT2D eigenvalue weighted by atomic mass is 16.2. The number of carbonyl (C=O) groups excluding carboxylic acids is 4. The number of hydrogen-bond donors (Lipinski definition) is 2. The zero-order valence-corrected chi connectivity index (χ0v) is 19.2. The highest BCUT2D eigenvalue weighted by Gasteiger charge is 2.35. The summed E-state index contributed by atoms with van der Waals surface area (Å²) < 4.78 is 0. The van der Waals surface area contributed by atoms with Crippen LogP contribution in [-0.2, 0) is 19.2 Å². The van der Waals surface area contributed by atoms with Crippen LogP contribution < -0.4 is 10.6 Å². The predicted octanol–water partition coefficient (Wildman–Crippen LogP) is 1.32. The summed E-state index contributed by atoms with van der Waals surface area (Å²) in [6.07, 6.45) is 4.72. The monoisotopic (exact) mass is 422 g/mol. The highest BCUT2D eigenvalue weighted by molar-refractivity contribution is 5.97. The van der Waals surface area contributed by atoms with E-state index in [9.17, 15) is 19.2 Å². The molecule has 1 saturated heterocycles. The SMILES string of the molecule is CC[C@H](C)CNC(=O)[C@@H]1CCCN1C(=O)/C(C)=C/[C@H](C(C)C)N(C)C(=O)CNC=O. The molecule has 0 aromatic rings. The molecule has 1 heterocycles. The first-order valence-corrected chi connectivity index (χ1v) is 10.8. The molecule has 3 atom stereocenters. The van der Waals surface area contributed by atoms with Crippen molar-refractivity contribution in [1.82, 2.24) is 20.4 Å². The molecule has 0 unspecified atom stereocenters. The number of rotatable bonds is 11. The van der Waals surface area contributed by atoms with E-state index < -0.39 is 6.04 Å². The molecule has 8 nitrogen and oxygen atoms in total. The van der Waals surface area contributed by atoms with Crippen LogP contribution in [-0.4, -0.2) is 72.7 Å². The van der Waals surface area contributed by atoms with E-state index in [-0.39, 0.29) is 36.2 Å². The van der Waals surface area contributed by atoms with Crippen molar-refractivity contribution in [1.29, 1.82) is 0 Å². The third kappa shape index (κ3) is 7.15. The number of nitrogens with zero attached hydrogens (tertiary/aromatic N) is 2. The van der Waals surface area contributed by atoms with Crippen LogP contribution in [0.4, 0.5) is 0 Å². The Morgan fingerprint density at radius 2 is 1.90 bits per heavy atom. The number of carbonyl (C=O) groups is 4. The summed E-state index contributed by atoms with van der Waals surface area (Å²) in [4.78, 5) is 51.6. The minimum atomic E-state index is -0.446. The van der Waals surface area contributed by atoms with E-state index in [1.54, 1.807) is 24.9 Å². The number of likely N-dealkylation sites (tertiary alicyclic amines) is 1. The van der Waals surface area contributed by atoms with E-state index >= 15 is 0 Å². The predicted molar refractivity (Wildman–Crippen MR) is 116 cm³/mol. The topological polar surface area (TPSA) is 98.8 Å². The molecule has 0 aliphatic carbocycles. The van der Waals surface area contributed by atoms with Crippen molar-refractivity contribution >= 4 is 24.1 Å². The van der Waals surface area contributed by atoms with Gasteiger partial charge in [0.25, 0.3) is 0 Å². The molecule has 4 amide bonds. The molecular weight excluding hydrogens is 384 g/mol. The van der Waals surface area contributed by atoms with Crippen molar-refractivity contribution in [3.63, 3.8) is 0 Å². The number of likely N-dealkylation sites (N-methyl/N-ethyl adjacent to an activating group) is 1. The maximum absolute atomic E-state index is 13.1. The fraction of sp³-hybridized carbons (Fsp3) is 0.727. The molecule has 1 aliphatic heterocycles. The zero-order chi connectivity index (χ0) is 22.8. The lowest BCUT2D eigenvalue weighted by Crippen LogP contribution is -2.47. The molecule has 0 saturated carbocycles. The molecule has 1 aliphatic rings. The van der Waals surface area contributed by atoms with E-state index in [1.807, 2.05) is 13.8 Å². The Morgan fingerprint density at radius 1 is 1.23 bits per heavy atom. The largest absolute Gasteiger partial charge is 0.354 e. The van der Waals surface area contributed by atoms with E-state index in [0.29, 0.717) is 37.4 Å². The van der Waals surface area contributed by atoms with Gasteiger partial charge in [0.15, 0.2) is 0 Å². The Labute approximate surface area is 180 Å². The van der Waals surface area contributed by atoms with Crippen LogP contribution in [0.5, 0.6) is 0 Å². The molecule has 1 fully saturated rings. The summed E-state index contributed by atoms with van der Waals surface area (Å²) in [6, 6.07) is -0.742. The van der Waals surface area contributed by atoms with E-state index in [4.69, 9.17) is 0 Å². The van der Waals surface area contributed by atoms with Gasteiger partial charge in [-0.05, 0) is 31.6 Å². The second-order valence-electron chi connectivity index (χ2n) is 8.50. The normalized spacial score (nSPS) is 18.7. The molecule has 1 rings (SSSR count). The molecule has 8 heteroatoms. The number of hydrogen-bond acceptors (Lipinski definition) is 4. The summed E-state index contributed by atoms with van der Waals surface area (Å²) >= 11 is 0. The summed E-state index contributed by atoms with van der Waals surface area (Å²) in [5.74, 6) is -0.0306. The Hall–Kier alpha value is -2.38. The lowest BCUT2D eigenvalue weighted by molar-refractivity contribution is -0.135. The highest BCUT2D eigenvalue weighted by Crippen LogP contribution is 2.21. The molecule has 2 N–H and O–H groups in total. The molecular formula is C22H38N4O4. The van der Waals surface area contributed by atoms with E-state index in [2.05, 4.69) is 24.5 Å². The zero-order valence-electron chi connectivity index (χ0n) is 19.2. The summed E-state index contributed by atoms with van der Waals surface area (Å²) in [5, 5.41) is 5.34. The molecule has 0 aromatic carbocycles. The number of amides is 4. The fourth-order valence-corrected chi connectivity index (χ4v) is 3.54. The van der Waals surface area contributed by atoms with Gasteiger partial charge in [0.05, 0.1) is 12.6 Å². The van der Waals surface area contributed by atoms with E-state index in [0.717, 1.165) is 12.8 Å². The van der Waals surface area contributed by atoms with Crippen molar-refractivity contribution < 1.29 is 19.2 Å². The lowest BCUT2D eigenvalue weighted by Gasteiger charge is -2.30. The average Bonchev–Trinajstić information content (AvgIpc) is 3.22. The summed E-state index contributed by atoms with van der Waals surface area (Å²) in [6.45, 7) is 10.9. The molecule has 0 spiro atoms. The molecule has 170 valence electrons. The fourth-order valence-electron chi connectivity index (χ4n) is 3.54. The van der Waals surface area contributed by atoms with Crippen molar-refractivity contribution in [2.75, 3.05) is 26.7 Å². The van der Waals surface area contributed by atoms with Crippen LogP contribution in [0, 0.1) is 11.8 Å². The van der Waals surface area contributed by atoms with Crippen molar-refractivity contribution in [2.24, 2.45) is 11.8 Å². The van der Waals surface area contributed by atoms with Gasteiger partial charge >= 0.3 is 0 Å². The summed E-state index contributed by atoms with van der Waals surface area (Å²) in [7, 11) is 1.66. The average molecular weight is 423 g/mol. The molecule has 0 bridgehead atoms. The minimum Gasteiger partial charge on any atom is -0.354 e. The van der Waals surface area contributed by atoms with Crippen LogP contribution >= 0.6 is 0 Å². The lowest BCUT2D eigenvalue weighted by atomic mass is 9.99. The Kier molecular flexibility index (Phi) is 10.6. The van der Waals surface area contributed by atoms with Gasteiger partial charge in [0.2, 0.25) is 24.1 Å². The van der Waals surface area contributed by atoms with Crippen LogP contribution in [0.1, 0.15) is 53.9 Å². The first-order chi connectivity index (χ1) is 14.1. The molecule has 0 aromatic heterocycles. The van der Waals surface area contributed by atoms with Crippen molar-refractivity contribution in [3.8, 4) is 0 Å². The van der Waals surface area contributed by atoms with Gasteiger partial charge in [-0.25, -0.2) is 0 Å². The molecule has 0 radical (unpaired) electrons. The van der Waals surface area contributed by atoms with Gasteiger partial charge in [-0.15, -0.1) is 0 Å². The van der Waals surface area contributed by atoms with Crippen LogP contribution in [0.15, 0.2) is 11.6 Å². The third-order valence-electron chi connectivity index (χ3n) is 5.76. The van der Waals surface area contributed by atoms with Crippen molar-refractivity contribution in [3.05, 3.63) is 11.6 Å². The first-order valence-electron chi connectivity index (χ1n) is 10.8. The second-order valence-corrected chi connectivity index (χ2v) is 8.50. The van der Waals surface area contributed by atoms with E-state index in [1.165, 1.54) is 4.90 Å². The smallest absolute Gasteiger partial charge is 0.249 e.